The van der Waals surface area contributed by atoms with E-state index in [1.807, 2.05) is 6.92 Å². The van der Waals surface area contributed by atoms with E-state index in [0.29, 0.717) is 5.69 Å². The number of aryl methyl sites for hydroxylation is 1. The van der Waals surface area contributed by atoms with Crippen molar-refractivity contribution in [3.63, 3.8) is 0 Å². The molecule has 1 aromatic heterocycles. The van der Waals surface area contributed by atoms with Crippen molar-refractivity contribution >= 4 is 64.9 Å². The number of halogens is 2. The van der Waals surface area contributed by atoms with Gasteiger partial charge in [-0.3, -0.25) is 4.72 Å². The van der Waals surface area contributed by atoms with E-state index in [1.165, 1.54) is 0 Å². The Morgan fingerprint density at radius 2 is 1.95 bits per heavy atom. The van der Waals surface area contributed by atoms with Crippen LogP contribution in [0.25, 0.3) is 0 Å². The van der Waals surface area contributed by atoms with E-state index in [4.69, 9.17) is 5.11 Å². The molecule has 2 aromatic rings. The van der Waals surface area contributed by atoms with Gasteiger partial charge in [0.15, 0.2) is 0 Å². The van der Waals surface area contributed by atoms with Crippen molar-refractivity contribution in [3.05, 3.63) is 43.0 Å². The summed E-state index contributed by atoms with van der Waals surface area (Å²) in [5, 5.41) is 8.91. The van der Waals surface area contributed by atoms with E-state index >= 15 is 0 Å². The zero-order valence-electron chi connectivity index (χ0n) is 10.6. The number of thiophene rings is 1. The minimum Gasteiger partial charge on any atom is -0.477 e. The van der Waals surface area contributed by atoms with E-state index in [-0.39, 0.29) is 13.6 Å². The molecule has 2 rings (SSSR count). The van der Waals surface area contributed by atoms with Gasteiger partial charge in [-0.1, -0.05) is 15.9 Å². The third kappa shape index (κ3) is 3.65. The topological polar surface area (TPSA) is 83.5 Å². The van der Waals surface area contributed by atoms with Gasteiger partial charge >= 0.3 is 5.97 Å². The maximum Gasteiger partial charge on any atom is 0.345 e. The summed E-state index contributed by atoms with van der Waals surface area (Å²) in [6, 6.07) is 6.16. The second-order valence-corrected chi connectivity index (χ2v) is 9.00. The Bertz CT molecular complexity index is 815. The zero-order valence-corrected chi connectivity index (χ0v) is 15.4. The van der Waals surface area contributed by atoms with Crippen molar-refractivity contribution < 1.29 is 18.3 Å². The molecule has 0 amide bonds. The molecule has 5 nitrogen and oxygen atoms in total. The molecular weight excluding hydrogens is 446 g/mol. The number of sulfonamides is 1. The third-order valence-electron chi connectivity index (χ3n) is 2.57. The molecule has 0 atom stereocenters. The molecule has 1 heterocycles. The summed E-state index contributed by atoms with van der Waals surface area (Å²) in [5.74, 6) is -1.17. The Morgan fingerprint density at radius 3 is 2.48 bits per heavy atom. The number of aromatic carboxylic acids is 1. The fourth-order valence-electron chi connectivity index (χ4n) is 1.56. The highest BCUT2D eigenvalue weighted by atomic mass is 79.9. The van der Waals surface area contributed by atoms with Gasteiger partial charge in [-0.05, 0) is 52.7 Å². The Labute approximate surface area is 142 Å². The highest BCUT2D eigenvalue weighted by molar-refractivity contribution is 9.11. The van der Waals surface area contributed by atoms with E-state index in [2.05, 4.69) is 36.6 Å². The summed E-state index contributed by atoms with van der Waals surface area (Å²) >= 11 is 7.28. The van der Waals surface area contributed by atoms with Gasteiger partial charge < -0.3 is 5.11 Å². The fraction of sp³-hybridized carbons (Fsp3) is 0.0833. The van der Waals surface area contributed by atoms with E-state index in [1.54, 1.807) is 18.2 Å². The normalized spacial score (nSPS) is 11.4. The number of hydrogen-bond acceptors (Lipinski definition) is 4. The van der Waals surface area contributed by atoms with Crippen molar-refractivity contribution in [3.8, 4) is 0 Å². The van der Waals surface area contributed by atoms with Crippen molar-refractivity contribution in [1.29, 1.82) is 0 Å². The quantitative estimate of drug-likeness (QED) is 0.728. The molecule has 0 spiro atoms. The van der Waals surface area contributed by atoms with E-state index in [0.717, 1.165) is 27.4 Å². The van der Waals surface area contributed by atoms with Crippen LogP contribution in [0.3, 0.4) is 0 Å². The summed E-state index contributed by atoms with van der Waals surface area (Å²) in [6.07, 6.45) is 0. The van der Waals surface area contributed by atoms with Crippen molar-refractivity contribution in [2.24, 2.45) is 0 Å². The molecule has 0 saturated heterocycles. The first kappa shape index (κ1) is 16.5. The maximum absolute atomic E-state index is 12.3. The first-order valence-corrected chi connectivity index (χ1v) is 9.41. The number of nitrogens with one attached hydrogen (secondary N) is 1. The van der Waals surface area contributed by atoms with Crippen molar-refractivity contribution in [1.82, 2.24) is 0 Å². The molecule has 0 unspecified atom stereocenters. The van der Waals surface area contributed by atoms with Gasteiger partial charge in [-0.2, -0.15) is 0 Å². The lowest BCUT2D eigenvalue weighted by molar-refractivity contribution is 0.0702. The van der Waals surface area contributed by atoms with Crippen LogP contribution in [-0.2, 0) is 10.0 Å². The van der Waals surface area contributed by atoms with Crippen LogP contribution in [0, 0.1) is 6.92 Å². The number of hydrogen-bond donors (Lipinski definition) is 2. The molecule has 0 aliphatic rings. The van der Waals surface area contributed by atoms with Crippen LogP contribution in [-0.4, -0.2) is 19.5 Å². The monoisotopic (exact) mass is 453 g/mol. The van der Waals surface area contributed by atoms with Gasteiger partial charge in [0.1, 0.15) is 9.77 Å². The molecule has 0 fully saturated rings. The molecule has 0 aliphatic carbocycles. The van der Waals surface area contributed by atoms with Crippen LogP contribution in [0.15, 0.2) is 37.4 Å². The summed E-state index contributed by atoms with van der Waals surface area (Å²) in [7, 11) is -3.85. The number of rotatable bonds is 4. The molecule has 0 bridgehead atoms. The number of carboxylic acids is 1. The molecule has 9 heteroatoms. The molecule has 2 N–H and O–H groups in total. The van der Waals surface area contributed by atoms with Crippen LogP contribution in [0.2, 0.25) is 0 Å². The lowest BCUT2D eigenvalue weighted by Crippen LogP contribution is -2.12. The molecule has 1 aromatic carbocycles. The van der Waals surface area contributed by atoms with Crippen molar-refractivity contribution in [2.45, 2.75) is 11.8 Å². The van der Waals surface area contributed by atoms with Gasteiger partial charge in [0.2, 0.25) is 0 Å². The van der Waals surface area contributed by atoms with Crippen LogP contribution in [0.1, 0.15) is 15.2 Å². The minimum absolute atomic E-state index is 0.0470. The number of anilines is 1. The fourth-order valence-corrected chi connectivity index (χ4v) is 5.26. The Balaban J connectivity index is 2.38. The van der Waals surface area contributed by atoms with Crippen LogP contribution in [0.4, 0.5) is 5.69 Å². The van der Waals surface area contributed by atoms with Gasteiger partial charge in [0.05, 0.1) is 3.79 Å². The summed E-state index contributed by atoms with van der Waals surface area (Å²) in [4.78, 5) is 10.8. The smallest absolute Gasteiger partial charge is 0.345 e. The standard InChI is InChI=1S/C12H9Br2NO4S2/c1-6-4-7(2-3-8(6)13)15-21(18,19)10-5-9(12(16)17)20-11(10)14/h2-5,15H,1H3,(H,16,17). The van der Waals surface area contributed by atoms with Gasteiger partial charge in [0.25, 0.3) is 10.0 Å². The predicted molar refractivity (Wildman–Crippen MR) is 88.7 cm³/mol. The van der Waals surface area contributed by atoms with Gasteiger partial charge in [-0.15, -0.1) is 11.3 Å². The van der Waals surface area contributed by atoms with Gasteiger partial charge in [-0.25, -0.2) is 13.2 Å². The van der Waals surface area contributed by atoms with Crippen LogP contribution >= 0.6 is 43.2 Å². The van der Waals surface area contributed by atoms with Gasteiger partial charge in [0, 0.05) is 10.2 Å². The molecule has 112 valence electrons. The maximum atomic E-state index is 12.3. The van der Waals surface area contributed by atoms with E-state index in [9.17, 15) is 13.2 Å². The molecule has 0 radical (unpaired) electrons. The second kappa shape index (κ2) is 6.07. The number of carbonyl (C=O) groups is 1. The molecule has 21 heavy (non-hydrogen) atoms. The average molecular weight is 455 g/mol. The first-order chi connectivity index (χ1) is 9.70. The van der Waals surface area contributed by atoms with Crippen molar-refractivity contribution in [2.75, 3.05) is 4.72 Å². The van der Waals surface area contributed by atoms with E-state index < -0.39 is 16.0 Å². The minimum atomic E-state index is -3.85. The highest BCUT2D eigenvalue weighted by Gasteiger charge is 2.23. The summed E-state index contributed by atoms with van der Waals surface area (Å²) < 4.78 is 28.2. The first-order valence-electron chi connectivity index (χ1n) is 5.52. The Hall–Kier alpha value is -0.900. The number of carboxylic acid groups (broad SMARTS) is 1. The predicted octanol–water partition coefficient (Wildman–Crippen LogP) is 4.08. The second-order valence-electron chi connectivity index (χ2n) is 4.12. The highest BCUT2D eigenvalue weighted by Crippen LogP contribution is 2.33. The summed E-state index contributed by atoms with van der Waals surface area (Å²) in [5.41, 5.74) is 1.29. The zero-order chi connectivity index (χ0) is 15.8. The van der Waals surface area contributed by atoms with Crippen LogP contribution < -0.4 is 4.72 Å². The van der Waals surface area contributed by atoms with Crippen LogP contribution in [0.5, 0.6) is 0 Å². The lowest BCUT2D eigenvalue weighted by atomic mass is 10.2. The Kier molecular flexibility index (Phi) is 4.76. The molecule has 0 aliphatic heterocycles. The average Bonchev–Trinajstić information content (AvgIpc) is 2.77. The largest absolute Gasteiger partial charge is 0.477 e. The summed E-state index contributed by atoms with van der Waals surface area (Å²) in [6.45, 7) is 1.84. The molecule has 0 saturated carbocycles. The number of benzene rings is 1. The Morgan fingerprint density at radius 1 is 1.29 bits per heavy atom. The lowest BCUT2D eigenvalue weighted by Gasteiger charge is -2.08. The molecular formula is C12H9Br2NO4S2. The third-order valence-corrected chi connectivity index (χ3v) is 7.08. The SMILES string of the molecule is Cc1cc(NS(=O)(=O)c2cc(C(=O)O)sc2Br)ccc1Br.